The van der Waals surface area contributed by atoms with Crippen LogP contribution in [-0.2, 0) is 0 Å². The highest BCUT2D eigenvalue weighted by molar-refractivity contribution is 6.03. The lowest BCUT2D eigenvalue weighted by atomic mass is 10.2. The van der Waals surface area contributed by atoms with Crippen molar-refractivity contribution in [2.75, 3.05) is 12.4 Å². The molecule has 122 valence electrons. The molecule has 0 aliphatic heterocycles. The number of amides is 2. The van der Waals surface area contributed by atoms with Gasteiger partial charge in [0.25, 0.3) is 17.6 Å². The Morgan fingerprint density at radius 3 is 2.62 bits per heavy atom. The first-order valence-electron chi connectivity index (χ1n) is 7.32. The van der Waals surface area contributed by atoms with Crippen LogP contribution in [0.4, 0.5) is 5.69 Å². The Hall–Kier alpha value is -3.29. The number of hydrogen-bond donors (Lipinski definition) is 2. The fourth-order valence-electron chi connectivity index (χ4n) is 2.33. The van der Waals surface area contributed by atoms with Crippen molar-refractivity contribution in [3.63, 3.8) is 0 Å². The highest BCUT2D eigenvalue weighted by Gasteiger charge is 2.15. The maximum absolute atomic E-state index is 12.4. The van der Waals surface area contributed by atoms with E-state index in [1.54, 1.807) is 31.3 Å². The maximum atomic E-state index is 12.4. The fraction of sp³-hybridized carbons (Fsp3) is 0.188. The van der Waals surface area contributed by atoms with Gasteiger partial charge in [-0.05, 0) is 38.1 Å². The van der Waals surface area contributed by atoms with Crippen molar-refractivity contribution in [2.24, 2.45) is 0 Å². The van der Waals surface area contributed by atoms with E-state index in [9.17, 15) is 9.59 Å². The summed E-state index contributed by atoms with van der Waals surface area (Å²) in [6, 6.07) is 8.48. The largest absolute Gasteiger partial charge is 0.355 e. The molecule has 8 nitrogen and oxygen atoms in total. The Morgan fingerprint density at radius 2 is 1.88 bits per heavy atom. The van der Waals surface area contributed by atoms with Gasteiger partial charge in [0.15, 0.2) is 0 Å². The van der Waals surface area contributed by atoms with Gasteiger partial charge in [-0.15, -0.1) is 5.10 Å². The predicted octanol–water partition coefficient (Wildman–Crippen LogP) is 1.35. The van der Waals surface area contributed by atoms with Crippen molar-refractivity contribution >= 4 is 23.3 Å². The normalized spacial score (nSPS) is 10.6. The van der Waals surface area contributed by atoms with Crippen molar-refractivity contribution in [1.82, 2.24) is 24.9 Å². The van der Waals surface area contributed by atoms with Gasteiger partial charge in [0.1, 0.15) is 0 Å². The number of aromatic nitrogens is 4. The van der Waals surface area contributed by atoms with E-state index in [1.807, 2.05) is 19.9 Å². The zero-order valence-corrected chi connectivity index (χ0v) is 13.5. The molecule has 24 heavy (non-hydrogen) atoms. The number of hydrogen-bond acceptors (Lipinski definition) is 5. The molecule has 0 saturated heterocycles. The molecular weight excluding hydrogens is 308 g/mol. The third kappa shape index (κ3) is 2.94. The summed E-state index contributed by atoms with van der Waals surface area (Å²) in [4.78, 5) is 32.4. The second-order valence-corrected chi connectivity index (χ2v) is 5.30. The highest BCUT2D eigenvalue weighted by Crippen LogP contribution is 2.12. The molecule has 0 radical (unpaired) electrons. The number of carbonyl (C=O) groups is 2. The minimum absolute atomic E-state index is 0.0153. The molecule has 2 heterocycles. The molecule has 2 amide bonds. The second kappa shape index (κ2) is 6.07. The van der Waals surface area contributed by atoms with Crippen molar-refractivity contribution in [3.8, 4) is 0 Å². The van der Waals surface area contributed by atoms with Gasteiger partial charge in [-0.1, -0.05) is 6.07 Å². The summed E-state index contributed by atoms with van der Waals surface area (Å²) in [5.41, 5.74) is 2.58. The van der Waals surface area contributed by atoms with Crippen LogP contribution in [0.1, 0.15) is 32.4 Å². The van der Waals surface area contributed by atoms with Crippen LogP contribution in [-0.4, -0.2) is 38.4 Å². The van der Waals surface area contributed by atoms with Crippen LogP contribution in [0, 0.1) is 13.8 Å². The van der Waals surface area contributed by atoms with E-state index in [0.717, 1.165) is 11.4 Å². The second-order valence-electron chi connectivity index (χ2n) is 5.30. The van der Waals surface area contributed by atoms with Crippen LogP contribution in [0.15, 0.2) is 30.3 Å². The van der Waals surface area contributed by atoms with Crippen molar-refractivity contribution in [1.29, 1.82) is 0 Å². The summed E-state index contributed by atoms with van der Waals surface area (Å²) >= 11 is 0. The Balaban J connectivity index is 1.88. The van der Waals surface area contributed by atoms with Gasteiger partial charge < -0.3 is 10.6 Å². The molecule has 0 aliphatic carbocycles. The van der Waals surface area contributed by atoms with Gasteiger partial charge in [0.2, 0.25) is 5.82 Å². The van der Waals surface area contributed by atoms with Crippen LogP contribution >= 0.6 is 0 Å². The number of aryl methyl sites for hydroxylation is 2. The van der Waals surface area contributed by atoms with Crippen molar-refractivity contribution < 1.29 is 9.59 Å². The first kappa shape index (κ1) is 15.6. The molecule has 8 heteroatoms. The molecule has 3 aromatic rings. The van der Waals surface area contributed by atoms with Crippen molar-refractivity contribution in [2.45, 2.75) is 13.8 Å². The lowest BCUT2D eigenvalue weighted by Crippen LogP contribution is -2.18. The quantitative estimate of drug-likeness (QED) is 0.757. The molecule has 3 rings (SSSR count). The minimum atomic E-state index is -0.466. The Labute approximate surface area is 137 Å². The molecule has 0 aliphatic rings. The van der Waals surface area contributed by atoms with Gasteiger partial charge in [-0.3, -0.25) is 9.59 Å². The van der Waals surface area contributed by atoms with Crippen LogP contribution < -0.4 is 10.6 Å². The molecule has 0 spiro atoms. The number of carbonyl (C=O) groups excluding carboxylic acids is 2. The van der Waals surface area contributed by atoms with E-state index < -0.39 is 5.91 Å². The number of nitrogens with zero attached hydrogens (tertiary/aromatic N) is 4. The summed E-state index contributed by atoms with van der Waals surface area (Å²) in [6.45, 7) is 3.72. The van der Waals surface area contributed by atoms with Gasteiger partial charge in [0.05, 0.1) is 0 Å². The third-order valence-electron chi connectivity index (χ3n) is 3.43. The van der Waals surface area contributed by atoms with E-state index >= 15 is 0 Å². The summed E-state index contributed by atoms with van der Waals surface area (Å²) in [6.07, 6.45) is 0. The molecule has 0 atom stereocenters. The molecule has 2 N–H and O–H groups in total. The van der Waals surface area contributed by atoms with E-state index in [2.05, 4.69) is 25.7 Å². The van der Waals surface area contributed by atoms with Crippen LogP contribution in [0.3, 0.4) is 0 Å². The molecule has 0 fully saturated rings. The Bertz CT molecular complexity index is 947. The summed E-state index contributed by atoms with van der Waals surface area (Å²) in [5.74, 6) is -0.308. The molecular formula is C16H16N6O2. The number of nitrogens with one attached hydrogen (secondary N) is 2. The zero-order valence-electron chi connectivity index (χ0n) is 13.5. The van der Waals surface area contributed by atoms with E-state index in [0.29, 0.717) is 17.0 Å². The van der Waals surface area contributed by atoms with E-state index in [4.69, 9.17) is 0 Å². The molecule has 0 saturated carbocycles. The highest BCUT2D eigenvalue weighted by atomic mass is 16.2. The van der Waals surface area contributed by atoms with Gasteiger partial charge in [0, 0.05) is 29.7 Å². The monoisotopic (exact) mass is 324 g/mol. The first-order valence-corrected chi connectivity index (χ1v) is 7.32. The summed E-state index contributed by atoms with van der Waals surface area (Å²) in [7, 11) is 1.55. The average molecular weight is 324 g/mol. The fourth-order valence-corrected chi connectivity index (χ4v) is 2.33. The number of fused-ring (bicyclic) bond motifs is 1. The Morgan fingerprint density at radius 1 is 1.08 bits per heavy atom. The predicted molar refractivity (Wildman–Crippen MR) is 88.0 cm³/mol. The van der Waals surface area contributed by atoms with Crippen LogP contribution in [0.5, 0.6) is 0 Å². The lowest BCUT2D eigenvalue weighted by molar-refractivity contribution is 0.0961. The summed E-state index contributed by atoms with van der Waals surface area (Å²) in [5, 5.41) is 9.40. The standard InChI is InChI=1S/C16H16N6O2/c1-9-7-10(2)22-16(18-9)20-13(21-22)15(24)19-12-6-4-5-11(8-12)14(23)17-3/h4-8H,1-3H3,(H,17,23)(H,19,24). The number of anilines is 1. The molecule has 1 aromatic carbocycles. The van der Waals surface area contributed by atoms with Gasteiger partial charge in [-0.25, -0.2) is 9.50 Å². The molecule has 0 unspecified atom stereocenters. The van der Waals surface area contributed by atoms with E-state index in [-0.39, 0.29) is 11.7 Å². The minimum Gasteiger partial charge on any atom is -0.355 e. The smallest absolute Gasteiger partial charge is 0.295 e. The summed E-state index contributed by atoms with van der Waals surface area (Å²) < 4.78 is 1.52. The average Bonchev–Trinajstić information content (AvgIpc) is 2.98. The number of rotatable bonds is 3. The Kier molecular flexibility index (Phi) is 3.95. The lowest BCUT2D eigenvalue weighted by Gasteiger charge is -2.05. The van der Waals surface area contributed by atoms with Crippen LogP contribution in [0.25, 0.3) is 5.78 Å². The molecule has 2 aromatic heterocycles. The van der Waals surface area contributed by atoms with E-state index in [1.165, 1.54) is 4.52 Å². The molecule has 0 bridgehead atoms. The third-order valence-corrected chi connectivity index (χ3v) is 3.43. The SMILES string of the molecule is CNC(=O)c1cccc(NC(=O)c2nc3nc(C)cc(C)n3n2)c1. The number of benzene rings is 1. The van der Waals surface area contributed by atoms with Crippen LogP contribution in [0.2, 0.25) is 0 Å². The van der Waals surface area contributed by atoms with Gasteiger partial charge >= 0.3 is 0 Å². The maximum Gasteiger partial charge on any atom is 0.295 e. The first-order chi connectivity index (χ1) is 11.5. The zero-order chi connectivity index (χ0) is 17.3. The topological polar surface area (TPSA) is 101 Å². The van der Waals surface area contributed by atoms with Crippen molar-refractivity contribution in [3.05, 3.63) is 53.1 Å². The van der Waals surface area contributed by atoms with Gasteiger partial charge in [-0.2, -0.15) is 4.98 Å².